The lowest BCUT2D eigenvalue weighted by Gasteiger charge is -2.13. The first-order chi connectivity index (χ1) is 19.6. The molecule has 0 aliphatic rings. The van der Waals surface area contributed by atoms with Gasteiger partial charge in [-0.3, -0.25) is 0 Å². The maximum Gasteiger partial charge on any atom is 0.338 e. The molecule has 0 fully saturated rings. The molecule has 40 heavy (non-hydrogen) atoms. The summed E-state index contributed by atoms with van der Waals surface area (Å²) in [7, 11) is 0. The van der Waals surface area contributed by atoms with Gasteiger partial charge in [-0.1, -0.05) is 102 Å². The largest absolute Gasteiger partial charge is 0.494 e. The second kappa shape index (κ2) is 18.1. The molecule has 0 amide bonds. The normalized spacial score (nSPS) is 11.7. The molecule has 3 aromatic carbocycles. The predicted molar refractivity (Wildman–Crippen MR) is 165 cm³/mol. The van der Waals surface area contributed by atoms with Crippen molar-refractivity contribution < 1.29 is 19.0 Å². The molecule has 1 unspecified atom stereocenters. The van der Waals surface area contributed by atoms with Crippen LogP contribution < -0.4 is 9.47 Å². The van der Waals surface area contributed by atoms with Gasteiger partial charge in [-0.05, 0) is 79.3 Å². The molecule has 3 rings (SSSR count). The topological polar surface area (TPSA) is 44.8 Å². The number of rotatable bonds is 19. The summed E-state index contributed by atoms with van der Waals surface area (Å²) in [5, 5.41) is 0. The smallest absolute Gasteiger partial charge is 0.338 e. The number of esters is 1. The quantitative estimate of drug-likeness (QED) is 0.111. The fourth-order valence-electron chi connectivity index (χ4n) is 4.63. The van der Waals surface area contributed by atoms with E-state index < -0.39 is 0 Å². The maximum atomic E-state index is 12.4. The van der Waals surface area contributed by atoms with E-state index in [1.54, 1.807) is 0 Å². The van der Waals surface area contributed by atoms with Gasteiger partial charge < -0.3 is 14.2 Å². The summed E-state index contributed by atoms with van der Waals surface area (Å²) < 4.78 is 17.5. The zero-order valence-electron chi connectivity index (χ0n) is 24.8. The van der Waals surface area contributed by atoms with Crippen LogP contribution in [0.3, 0.4) is 0 Å². The Morgan fingerprint density at radius 2 is 1.15 bits per heavy atom. The highest BCUT2D eigenvalue weighted by Crippen LogP contribution is 2.25. The van der Waals surface area contributed by atoms with Crippen molar-refractivity contribution in [1.29, 1.82) is 0 Å². The fourth-order valence-corrected chi connectivity index (χ4v) is 4.63. The first kappa shape index (κ1) is 31.3. The first-order valence-electron chi connectivity index (χ1n) is 15.3. The third-order valence-electron chi connectivity index (χ3n) is 7.18. The lowest BCUT2D eigenvalue weighted by Crippen LogP contribution is -2.15. The van der Waals surface area contributed by atoms with E-state index >= 15 is 0 Å². The highest BCUT2D eigenvalue weighted by Gasteiger charge is 2.12. The molecule has 216 valence electrons. The highest BCUT2D eigenvalue weighted by molar-refractivity contribution is 5.89. The molecule has 0 radical (unpaired) electrons. The van der Waals surface area contributed by atoms with Gasteiger partial charge in [0.05, 0.1) is 18.3 Å². The number of benzene rings is 3. The third-order valence-corrected chi connectivity index (χ3v) is 7.18. The van der Waals surface area contributed by atoms with E-state index in [2.05, 4.69) is 38.1 Å². The van der Waals surface area contributed by atoms with E-state index in [1.807, 2.05) is 55.5 Å². The molecule has 0 spiro atoms. The summed E-state index contributed by atoms with van der Waals surface area (Å²) in [6.07, 6.45) is 13.2. The maximum absolute atomic E-state index is 12.4. The lowest BCUT2D eigenvalue weighted by molar-refractivity contribution is 0.0319. The molecular formula is C36H48O4. The van der Waals surface area contributed by atoms with Crippen molar-refractivity contribution in [3.05, 3.63) is 83.9 Å². The Balaban J connectivity index is 1.39. The van der Waals surface area contributed by atoms with Gasteiger partial charge >= 0.3 is 5.97 Å². The standard InChI is InChI=1S/C36H48O4/c1-4-6-8-10-11-13-27-38-34-23-19-31(20-24-34)32-21-25-35(26-22-32)39-28-30-15-17-33(18-16-30)36(37)40-29(3)14-12-9-7-5-2/h15-26,29H,4-14,27-28H2,1-3H3. The monoisotopic (exact) mass is 544 g/mol. The predicted octanol–water partition coefficient (Wildman–Crippen LogP) is 10.2. The van der Waals surface area contributed by atoms with Crippen molar-refractivity contribution in [3.8, 4) is 22.6 Å². The minimum absolute atomic E-state index is 0.0588. The first-order valence-corrected chi connectivity index (χ1v) is 15.3. The Kier molecular flexibility index (Phi) is 14.2. The molecule has 3 aromatic rings. The minimum Gasteiger partial charge on any atom is -0.494 e. The Labute approximate surface area is 242 Å². The molecular weight excluding hydrogens is 496 g/mol. The van der Waals surface area contributed by atoms with Crippen molar-refractivity contribution in [2.24, 2.45) is 0 Å². The van der Waals surface area contributed by atoms with Crippen LogP contribution in [0.25, 0.3) is 11.1 Å². The SMILES string of the molecule is CCCCCCCCOc1ccc(-c2ccc(OCc3ccc(C(=O)OC(C)CCCCCC)cc3)cc2)cc1. The van der Waals surface area contributed by atoms with Crippen molar-refractivity contribution in [2.75, 3.05) is 6.61 Å². The van der Waals surface area contributed by atoms with E-state index in [4.69, 9.17) is 14.2 Å². The molecule has 4 heteroatoms. The van der Waals surface area contributed by atoms with Gasteiger partial charge in [0, 0.05) is 0 Å². The Morgan fingerprint density at radius 1 is 0.625 bits per heavy atom. The van der Waals surface area contributed by atoms with Crippen LogP contribution in [0.5, 0.6) is 11.5 Å². The van der Waals surface area contributed by atoms with Crippen LogP contribution in [0.15, 0.2) is 72.8 Å². The summed E-state index contributed by atoms with van der Waals surface area (Å²) in [5.41, 5.74) is 3.87. The molecule has 0 saturated heterocycles. The average Bonchev–Trinajstić information content (AvgIpc) is 2.99. The van der Waals surface area contributed by atoms with Gasteiger partial charge in [0.25, 0.3) is 0 Å². The van der Waals surface area contributed by atoms with Gasteiger partial charge in [0.1, 0.15) is 18.1 Å². The van der Waals surface area contributed by atoms with Crippen LogP contribution in [0, 0.1) is 0 Å². The van der Waals surface area contributed by atoms with Gasteiger partial charge in [-0.15, -0.1) is 0 Å². The molecule has 0 aliphatic heterocycles. The second-order valence-electron chi connectivity index (χ2n) is 10.7. The van der Waals surface area contributed by atoms with Crippen molar-refractivity contribution in [1.82, 2.24) is 0 Å². The summed E-state index contributed by atoms with van der Waals surface area (Å²) in [4.78, 5) is 12.4. The van der Waals surface area contributed by atoms with Crippen LogP contribution in [-0.2, 0) is 11.3 Å². The summed E-state index contributed by atoms with van der Waals surface area (Å²) >= 11 is 0. The number of carbonyl (C=O) groups excluding carboxylic acids is 1. The fraction of sp³-hybridized carbons (Fsp3) is 0.472. The molecule has 0 heterocycles. The van der Waals surface area contributed by atoms with E-state index in [9.17, 15) is 4.79 Å². The average molecular weight is 545 g/mol. The van der Waals surface area contributed by atoms with Gasteiger partial charge in [-0.25, -0.2) is 4.79 Å². The van der Waals surface area contributed by atoms with E-state index in [0.29, 0.717) is 12.2 Å². The van der Waals surface area contributed by atoms with Crippen LogP contribution in [0.4, 0.5) is 0 Å². The zero-order chi connectivity index (χ0) is 28.4. The van der Waals surface area contributed by atoms with Crippen LogP contribution >= 0.6 is 0 Å². The van der Waals surface area contributed by atoms with Gasteiger partial charge in [0.15, 0.2) is 0 Å². The Morgan fingerprint density at radius 3 is 1.75 bits per heavy atom. The van der Waals surface area contributed by atoms with Gasteiger partial charge in [-0.2, -0.15) is 0 Å². The minimum atomic E-state index is -0.261. The highest BCUT2D eigenvalue weighted by atomic mass is 16.5. The summed E-state index contributed by atoms with van der Waals surface area (Å²) in [6.45, 7) is 7.63. The van der Waals surface area contributed by atoms with E-state index in [1.165, 1.54) is 51.4 Å². The van der Waals surface area contributed by atoms with Crippen LogP contribution in [0.1, 0.15) is 107 Å². The van der Waals surface area contributed by atoms with Crippen LogP contribution in [0.2, 0.25) is 0 Å². The number of hydrogen-bond donors (Lipinski definition) is 0. The van der Waals surface area contributed by atoms with Crippen molar-refractivity contribution in [2.45, 2.75) is 104 Å². The second-order valence-corrected chi connectivity index (χ2v) is 10.7. The number of hydrogen-bond acceptors (Lipinski definition) is 4. The molecule has 4 nitrogen and oxygen atoms in total. The Hall–Kier alpha value is -3.27. The van der Waals surface area contributed by atoms with Crippen molar-refractivity contribution in [3.63, 3.8) is 0 Å². The summed E-state index contributed by atoms with van der Waals surface area (Å²) in [6, 6.07) is 23.9. The zero-order valence-corrected chi connectivity index (χ0v) is 24.8. The molecule has 0 saturated carbocycles. The van der Waals surface area contributed by atoms with Crippen LogP contribution in [-0.4, -0.2) is 18.7 Å². The third kappa shape index (κ3) is 11.5. The molecule has 0 N–H and O–H groups in total. The molecule has 1 atom stereocenters. The molecule has 0 bridgehead atoms. The molecule has 0 aliphatic carbocycles. The van der Waals surface area contributed by atoms with E-state index in [-0.39, 0.29) is 12.1 Å². The number of carbonyl (C=O) groups is 1. The lowest BCUT2D eigenvalue weighted by atomic mass is 10.1. The van der Waals surface area contributed by atoms with Crippen molar-refractivity contribution >= 4 is 5.97 Å². The summed E-state index contributed by atoms with van der Waals surface area (Å²) in [5.74, 6) is 1.47. The van der Waals surface area contributed by atoms with Gasteiger partial charge in [0.2, 0.25) is 0 Å². The van der Waals surface area contributed by atoms with E-state index in [0.717, 1.165) is 54.1 Å². The Bertz CT molecular complexity index is 1090. The molecule has 0 aromatic heterocycles. The number of unbranched alkanes of at least 4 members (excludes halogenated alkanes) is 8. The number of ether oxygens (including phenoxy) is 3.